The molecule has 2 aliphatic rings. The van der Waals surface area contributed by atoms with E-state index in [1.54, 1.807) is 18.1 Å². The van der Waals surface area contributed by atoms with E-state index in [0.29, 0.717) is 50.3 Å². The van der Waals surface area contributed by atoms with Crippen molar-refractivity contribution in [1.29, 1.82) is 0 Å². The molecule has 7 heteroatoms. The maximum absolute atomic E-state index is 12.6. The van der Waals surface area contributed by atoms with Gasteiger partial charge in [0.2, 0.25) is 5.91 Å². The van der Waals surface area contributed by atoms with Crippen molar-refractivity contribution in [3.63, 3.8) is 0 Å². The Labute approximate surface area is 170 Å². The summed E-state index contributed by atoms with van der Waals surface area (Å²) in [7, 11) is 1.59. The van der Waals surface area contributed by atoms with Crippen LogP contribution in [-0.4, -0.2) is 47.7 Å². The van der Waals surface area contributed by atoms with Gasteiger partial charge in [0.25, 0.3) is 0 Å². The summed E-state index contributed by atoms with van der Waals surface area (Å²) < 4.78 is 5.19. The van der Waals surface area contributed by atoms with Gasteiger partial charge in [0.15, 0.2) is 0 Å². The molecule has 0 radical (unpaired) electrons. The highest BCUT2D eigenvalue weighted by Crippen LogP contribution is 2.37. The Hall–Kier alpha value is -3.06. The molecule has 3 amide bonds. The third kappa shape index (κ3) is 4.35. The summed E-state index contributed by atoms with van der Waals surface area (Å²) in [6, 6.07) is 16.9. The Balaban J connectivity index is 1.32. The van der Waals surface area contributed by atoms with E-state index in [-0.39, 0.29) is 11.9 Å². The van der Waals surface area contributed by atoms with Gasteiger partial charge in [0.1, 0.15) is 11.4 Å². The molecule has 1 N–H and O–H groups in total. The van der Waals surface area contributed by atoms with Crippen LogP contribution in [0.5, 0.6) is 5.75 Å². The molecule has 2 aliphatic heterocycles. The van der Waals surface area contributed by atoms with Crippen molar-refractivity contribution >= 4 is 17.6 Å². The average molecular weight is 395 g/mol. The van der Waals surface area contributed by atoms with Crippen LogP contribution >= 0.6 is 0 Å². The summed E-state index contributed by atoms with van der Waals surface area (Å²) in [6.07, 6.45) is 1.64. The number of likely N-dealkylation sites (tertiary alicyclic amines) is 1. The molecule has 0 unspecified atom stereocenters. The lowest BCUT2D eigenvalue weighted by atomic mass is 9.89. The number of ether oxygens (including phenoxy) is 1. The van der Waals surface area contributed by atoms with Crippen molar-refractivity contribution in [2.45, 2.75) is 31.4 Å². The minimum atomic E-state index is -0.501. The molecule has 2 saturated heterocycles. The number of hydroxylamine groups is 2. The number of carbonyl (C=O) groups is 2. The number of rotatable bonds is 4. The fourth-order valence-electron chi connectivity index (χ4n) is 3.84. The minimum absolute atomic E-state index is 0.00290. The fraction of sp³-hybridized carbons (Fsp3) is 0.364. The van der Waals surface area contributed by atoms with Crippen LogP contribution in [0.2, 0.25) is 0 Å². The molecule has 0 saturated carbocycles. The second-order valence-corrected chi connectivity index (χ2v) is 7.52. The zero-order valence-corrected chi connectivity index (χ0v) is 16.5. The van der Waals surface area contributed by atoms with Crippen molar-refractivity contribution in [3.8, 4) is 5.75 Å². The lowest BCUT2D eigenvalue weighted by Gasteiger charge is -2.37. The molecule has 0 aliphatic carbocycles. The van der Waals surface area contributed by atoms with Crippen molar-refractivity contribution in [3.05, 3.63) is 60.2 Å². The van der Waals surface area contributed by atoms with Crippen molar-refractivity contribution in [2.24, 2.45) is 0 Å². The normalized spacial score (nSPS) is 18.2. The number of hydrogen-bond donors (Lipinski definition) is 1. The second-order valence-electron chi connectivity index (χ2n) is 7.52. The quantitative estimate of drug-likeness (QED) is 0.861. The highest BCUT2D eigenvalue weighted by Gasteiger charge is 2.47. The van der Waals surface area contributed by atoms with Gasteiger partial charge in [-0.25, -0.2) is 9.86 Å². The standard InChI is InChI=1S/C22H25N3O4/c1-28-19-9-5-8-18(14-19)23-21(27)24-12-10-22(11-13-24)15-20(26)25(29-22)16-17-6-3-2-4-7-17/h2-9,14H,10-13,15-16H2,1H3,(H,23,27). The predicted molar refractivity (Wildman–Crippen MR) is 108 cm³/mol. The maximum Gasteiger partial charge on any atom is 0.321 e. The number of piperidine rings is 1. The topological polar surface area (TPSA) is 71.1 Å². The van der Waals surface area contributed by atoms with E-state index < -0.39 is 5.60 Å². The lowest BCUT2D eigenvalue weighted by molar-refractivity contribution is -0.212. The molecule has 0 atom stereocenters. The summed E-state index contributed by atoms with van der Waals surface area (Å²) in [5.74, 6) is 0.694. The number of nitrogens with zero attached hydrogens (tertiary/aromatic N) is 2. The van der Waals surface area contributed by atoms with Crippen LogP contribution in [0.15, 0.2) is 54.6 Å². The van der Waals surface area contributed by atoms with E-state index in [1.807, 2.05) is 48.5 Å². The molecule has 2 fully saturated rings. The number of carbonyl (C=O) groups excluding carboxylic acids is 2. The van der Waals surface area contributed by atoms with Crippen LogP contribution in [0.4, 0.5) is 10.5 Å². The SMILES string of the molecule is COc1cccc(NC(=O)N2CCC3(CC2)CC(=O)N(Cc2ccccc2)O3)c1. The summed E-state index contributed by atoms with van der Waals surface area (Å²) in [5, 5.41) is 4.38. The van der Waals surface area contributed by atoms with E-state index in [2.05, 4.69) is 5.32 Å². The molecular weight excluding hydrogens is 370 g/mol. The van der Waals surface area contributed by atoms with Gasteiger partial charge in [-0.05, 0) is 30.5 Å². The molecule has 0 aromatic heterocycles. The highest BCUT2D eigenvalue weighted by molar-refractivity contribution is 5.89. The number of benzene rings is 2. The Morgan fingerprint density at radius 2 is 1.90 bits per heavy atom. The molecule has 0 bridgehead atoms. The van der Waals surface area contributed by atoms with Gasteiger partial charge < -0.3 is 15.0 Å². The van der Waals surface area contributed by atoms with Crippen LogP contribution in [0, 0.1) is 0 Å². The van der Waals surface area contributed by atoms with E-state index in [1.165, 1.54) is 5.06 Å². The van der Waals surface area contributed by atoms with Crippen molar-refractivity contribution < 1.29 is 19.2 Å². The van der Waals surface area contributed by atoms with E-state index in [0.717, 1.165) is 5.56 Å². The van der Waals surface area contributed by atoms with Crippen LogP contribution in [0.25, 0.3) is 0 Å². The molecule has 1 spiro atoms. The smallest absolute Gasteiger partial charge is 0.321 e. The maximum atomic E-state index is 12.6. The third-order valence-corrected chi connectivity index (χ3v) is 5.51. The Morgan fingerprint density at radius 1 is 1.14 bits per heavy atom. The van der Waals surface area contributed by atoms with Crippen LogP contribution in [0.1, 0.15) is 24.8 Å². The molecule has 7 nitrogen and oxygen atoms in total. The Kier molecular flexibility index (Phi) is 5.40. The largest absolute Gasteiger partial charge is 0.497 e. The molecule has 4 rings (SSSR count). The van der Waals surface area contributed by atoms with E-state index >= 15 is 0 Å². The molecule has 2 heterocycles. The van der Waals surface area contributed by atoms with E-state index in [9.17, 15) is 9.59 Å². The first-order valence-electron chi connectivity index (χ1n) is 9.80. The summed E-state index contributed by atoms with van der Waals surface area (Å²) >= 11 is 0. The molecular formula is C22H25N3O4. The highest BCUT2D eigenvalue weighted by atomic mass is 16.7. The fourth-order valence-corrected chi connectivity index (χ4v) is 3.84. The minimum Gasteiger partial charge on any atom is -0.497 e. The lowest BCUT2D eigenvalue weighted by Crippen LogP contribution is -2.48. The molecule has 152 valence electrons. The monoisotopic (exact) mass is 395 g/mol. The number of hydrogen-bond acceptors (Lipinski definition) is 4. The zero-order valence-electron chi connectivity index (χ0n) is 16.5. The average Bonchev–Trinajstić information content (AvgIpc) is 3.03. The number of urea groups is 1. The van der Waals surface area contributed by atoms with Gasteiger partial charge in [-0.15, -0.1) is 0 Å². The number of amides is 3. The van der Waals surface area contributed by atoms with Crippen LogP contribution in [0.3, 0.4) is 0 Å². The van der Waals surface area contributed by atoms with E-state index in [4.69, 9.17) is 9.57 Å². The van der Waals surface area contributed by atoms with Crippen molar-refractivity contribution in [1.82, 2.24) is 9.96 Å². The predicted octanol–water partition coefficient (Wildman–Crippen LogP) is 3.43. The number of nitrogens with one attached hydrogen (secondary N) is 1. The van der Waals surface area contributed by atoms with Gasteiger partial charge in [0.05, 0.1) is 20.1 Å². The van der Waals surface area contributed by atoms with Crippen LogP contribution < -0.4 is 10.1 Å². The van der Waals surface area contributed by atoms with Crippen molar-refractivity contribution in [2.75, 3.05) is 25.5 Å². The first kappa shape index (κ1) is 19.3. The van der Waals surface area contributed by atoms with Gasteiger partial charge in [-0.3, -0.25) is 9.63 Å². The molecule has 2 aromatic rings. The Bertz CT molecular complexity index is 879. The zero-order chi connectivity index (χ0) is 20.3. The van der Waals surface area contributed by atoms with Gasteiger partial charge in [-0.2, -0.15) is 0 Å². The summed E-state index contributed by atoms with van der Waals surface area (Å²) in [6.45, 7) is 1.53. The van der Waals surface area contributed by atoms with Gasteiger partial charge in [0, 0.05) is 24.8 Å². The molecule has 29 heavy (non-hydrogen) atoms. The number of methoxy groups -OCH3 is 1. The van der Waals surface area contributed by atoms with Crippen LogP contribution in [-0.2, 0) is 16.2 Å². The second kappa shape index (κ2) is 8.13. The van der Waals surface area contributed by atoms with Gasteiger partial charge >= 0.3 is 6.03 Å². The summed E-state index contributed by atoms with van der Waals surface area (Å²) in [5.41, 5.74) is 1.22. The number of anilines is 1. The first-order valence-corrected chi connectivity index (χ1v) is 9.80. The van der Waals surface area contributed by atoms with Gasteiger partial charge in [-0.1, -0.05) is 36.4 Å². The Morgan fingerprint density at radius 3 is 2.62 bits per heavy atom. The molecule has 2 aromatic carbocycles. The summed E-state index contributed by atoms with van der Waals surface area (Å²) in [4.78, 5) is 32.9. The first-order chi connectivity index (χ1) is 14.1. The third-order valence-electron chi connectivity index (χ3n) is 5.51.